The van der Waals surface area contributed by atoms with Crippen molar-refractivity contribution in [1.29, 1.82) is 0 Å². The fourth-order valence-corrected chi connectivity index (χ4v) is 2.34. The second kappa shape index (κ2) is 6.05. The van der Waals surface area contributed by atoms with E-state index in [-0.39, 0.29) is 18.3 Å². The number of amides is 1. The molecule has 104 valence electrons. The topological polar surface area (TPSA) is 55.1 Å². The number of hydrogen-bond acceptors (Lipinski definition) is 2. The predicted molar refractivity (Wildman–Crippen MR) is 80.9 cm³/mol. The number of carbonyl (C=O) groups is 1. The van der Waals surface area contributed by atoms with Gasteiger partial charge in [-0.3, -0.25) is 4.79 Å². The molecule has 0 saturated carbocycles. The fraction of sp³-hybridized carbons (Fsp3) is 0.133. The summed E-state index contributed by atoms with van der Waals surface area (Å²) >= 11 is 3.31. The number of carbonyl (C=O) groups excluding carboxylic acids is 1. The molecule has 0 aliphatic rings. The molecule has 5 heteroatoms. The number of nitrogen functional groups attached to an aromatic ring is 1. The van der Waals surface area contributed by atoms with E-state index in [0.29, 0.717) is 16.8 Å². The molecule has 0 bridgehead atoms. The van der Waals surface area contributed by atoms with Crippen LogP contribution < -0.4 is 11.1 Å². The Balaban J connectivity index is 2.13. The highest BCUT2D eigenvalue weighted by Gasteiger charge is 2.12. The summed E-state index contributed by atoms with van der Waals surface area (Å²) in [6.45, 7) is 2.06. The van der Waals surface area contributed by atoms with Crippen LogP contribution in [0.3, 0.4) is 0 Å². The van der Waals surface area contributed by atoms with Crippen LogP contribution in [0.1, 0.15) is 21.5 Å². The number of rotatable bonds is 3. The lowest BCUT2D eigenvalue weighted by molar-refractivity contribution is 0.0950. The molecule has 2 aromatic carbocycles. The predicted octanol–water partition coefficient (Wildman–Crippen LogP) is 3.41. The standard InChI is InChI=1S/C15H14BrFN2O/c1-9-13(6-11(16)7-14(9)18)15(20)19-8-10-3-2-4-12(17)5-10/h2-7H,8,18H2,1H3,(H,19,20). The highest BCUT2D eigenvalue weighted by atomic mass is 79.9. The summed E-state index contributed by atoms with van der Waals surface area (Å²) in [7, 11) is 0. The number of hydrogen-bond donors (Lipinski definition) is 2. The second-order valence-corrected chi connectivity index (χ2v) is 5.40. The molecule has 2 aromatic rings. The van der Waals surface area contributed by atoms with Gasteiger partial charge in [-0.05, 0) is 42.3 Å². The molecule has 0 radical (unpaired) electrons. The van der Waals surface area contributed by atoms with Gasteiger partial charge in [-0.1, -0.05) is 28.1 Å². The van der Waals surface area contributed by atoms with Crippen LogP contribution in [-0.2, 0) is 6.54 Å². The largest absolute Gasteiger partial charge is 0.398 e. The summed E-state index contributed by atoms with van der Waals surface area (Å²) in [6, 6.07) is 9.59. The maximum absolute atomic E-state index is 13.0. The molecule has 0 aliphatic carbocycles. The van der Waals surface area contributed by atoms with Crippen LogP contribution >= 0.6 is 15.9 Å². The third-order valence-corrected chi connectivity index (χ3v) is 3.46. The van der Waals surface area contributed by atoms with Gasteiger partial charge < -0.3 is 11.1 Å². The average molecular weight is 337 g/mol. The molecule has 2 rings (SSSR count). The SMILES string of the molecule is Cc1c(N)cc(Br)cc1C(=O)NCc1cccc(F)c1. The summed E-state index contributed by atoms with van der Waals surface area (Å²) in [6.07, 6.45) is 0. The molecule has 0 saturated heterocycles. The maximum Gasteiger partial charge on any atom is 0.251 e. The average Bonchev–Trinajstić information content (AvgIpc) is 2.40. The molecule has 0 heterocycles. The third-order valence-electron chi connectivity index (χ3n) is 3.00. The van der Waals surface area contributed by atoms with Crippen LogP contribution in [0.2, 0.25) is 0 Å². The molecule has 0 fully saturated rings. The maximum atomic E-state index is 13.0. The molecule has 0 unspecified atom stereocenters. The zero-order chi connectivity index (χ0) is 14.7. The quantitative estimate of drug-likeness (QED) is 0.844. The highest BCUT2D eigenvalue weighted by molar-refractivity contribution is 9.10. The van der Waals surface area contributed by atoms with Gasteiger partial charge in [-0.2, -0.15) is 0 Å². The molecule has 3 N–H and O–H groups in total. The monoisotopic (exact) mass is 336 g/mol. The molecular weight excluding hydrogens is 323 g/mol. The number of halogens is 2. The van der Waals surface area contributed by atoms with Crippen molar-refractivity contribution in [3.8, 4) is 0 Å². The highest BCUT2D eigenvalue weighted by Crippen LogP contribution is 2.22. The van der Waals surface area contributed by atoms with Crippen molar-refractivity contribution in [3.05, 3.63) is 63.4 Å². The van der Waals surface area contributed by atoms with E-state index >= 15 is 0 Å². The van der Waals surface area contributed by atoms with E-state index < -0.39 is 0 Å². The summed E-state index contributed by atoms with van der Waals surface area (Å²) in [4.78, 5) is 12.1. The van der Waals surface area contributed by atoms with E-state index in [1.807, 2.05) is 0 Å². The Hall–Kier alpha value is -1.88. The molecule has 3 nitrogen and oxygen atoms in total. The number of anilines is 1. The first-order valence-electron chi connectivity index (χ1n) is 6.05. The molecule has 0 aliphatic heterocycles. The van der Waals surface area contributed by atoms with E-state index in [2.05, 4.69) is 21.2 Å². The molecule has 0 atom stereocenters. The first-order valence-corrected chi connectivity index (χ1v) is 6.85. The van der Waals surface area contributed by atoms with Gasteiger partial charge in [0.1, 0.15) is 5.82 Å². The van der Waals surface area contributed by atoms with Gasteiger partial charge in [-0.15, -0.1) is 0 Å². The van der Waals surface area contributed by atoms with E-state index in [1.54, 1.807) is 31.2 Å². The Labute approximate surface area is 125 Å². The van der Waals surface area contributed by atoms with Crippen LogP contribution in [-0.4, -0.2) is 5.91 Å². The Morgan fingerprint density at radius 2 is 2.10 bits per heavy atom. The first-order chi connectivity index (χ1) is 9.47. The van der Waals surface area contributed by atoms with Crippen LogP contribution in [0.25, 0.3) is 0 Å². The molecule has 1 amide bonds. The van der Waals surface area contributed by atoms with E-state index in [1.165, 1.54) is 12.1 Å². The van der Waals surface area contributed by atoms with E-state index in [4.69, 9.17) is 5.73 Å². The minimum atomic E-state index is -0.320. The Morgan fingerprint density at radius 3 is 2.80 bits per heavy atom. The van der Waals surface area contributed by atoms with Crippen molar-refractivity contribution >= 4 is 27.5 Å². The lowest BCUT2D eigenvalue weighted by atomic mass is 10.1. The smallest absolute Gasteiger partial charge is 0.251 e. The van der Waals surface area contributed by atoms with Crippen LogP contribution in [0.15, 0.2) is 40.9 Å². The van der Waals surface area contributed by atoms with E-state index in [9.17, 15) is 9.18 Å². The minimum Gasteiger partial charge on any atom is -0.398 e. The Morgan fingerprint density at radius 1 is 1.35 bits per heavy atom. The zero-order valence-electron chi connectivity index (χ0n) is 10.9. The molecule has 20 heavy (non-hydrogen) atoms. The number of nitrogens with one attached hydrogen (secondary N) is 1. The molecule has 0 aromatic heterocycles. The van der Waals surface area contributed by atoms with Crippen LogP contribution in [0.4, 0.5) is 10.1 Å². The molecular formula is C15H14BrFN2O. The fourth-order valence-electron chi connectivity index (χ4n) is 1.86. The summed E-state index contributed by atoms with van der Waals surface area (Å²) in [5, 5.41) is 2.76. The number of nitrogens with two attached hydrogens (primary N) is 1. The first kappa shape index (κ1) is 14.5. The van der Waals surface area contributed by atoms with Crippen molar-refractivity contribution < 1.29 is 9.18 Å². The van der Waals surface area contributed by atoms with Gasteiger partial charge in [0.2, 0.25) is 0 Å². The van der Waals surface area contributed by atoms with Crippen molar-refractivity contribution in [1.82, 2.24) is 5.32 Å². The van der Waals surface area contributed by atoms with Gasteiger partial charge in [0.15, 0.2) is 0 Å². The molecule has 0 spiro atoms. The minimum absolute atomic E-state index is 0.236. The summed E-state index contributed by atoms with van der Waals surface area (Å²) < 4.78 is 13.8. The van der Waals surface area contributed by atoms with Gasteiger partial charge in [0, 0.05) is 22.3 Å². The Bertz CT molecular complexity index is 658. The van der Waals surface area contributed by atoms with Gasteiger partial charge in [0.05, 0.1) is 0 Å². The Kier molecular flexibility index (Phi) is 4.39. The van der Waals surface area contributed by atoms with E-state index in [0.717, 1.165) is 10.0 Å². The zero-order valence-corrected chi connectivity index (χ0v) is 12.5. The van der Waals surface area contributed by atoms with Gasteiger partial charge >= 0.3 is 0 Å². The van der Waals surface area contributed by atoms with Gasteiger partial charge in [0.25, 0.3) is 5.91 Å². The third kappa shape index (κ3) is 3.36. The van der Waals surface area contributed by atoms with Crippen molar-refractivity contribution in [2.45, 2.75) is 13.5 Å². The lowest BCUT2D eigenvalue weighted by Crippen LogP contribution is -2.24. The van der Waals surface area contributed by atoms with Gasteiger partial charge in [-0.25, -0.2) is 4.39 Å². The second-order valence-electron chi connectivity index (χ2n) is 4.48. The number of benzene rings is 2. The normalized spacial score (nSPS) is 10.3. The van der Waals surface area contributed by atoms with Crippen molar-refractivity contribution in [3.63, 3.8) is 0 Å². The lowest BCUT2D eigenvalue weighted by Gasteiger charge is -2.10. The van der Waals surface area contributed by atoms with Crippen LogP contribution in [0, 0.1) is 12.7 Å². The van der Waals surface area contributed by atoms with Crippen molar-refractivity contribution in [2.24, 2.45) is 0 Å². The van der Waals surface area contributed by atoms with Crippen LogP contribution in [0.5, 0.6) is 0 Å². The summed E-state index contributed by atoms with van der Waals surface area (Å²) in [5.41, 5.74) is 8.32. The summed E-state index contributed by atoms with van der Waals surface area (Å²) in [5.74, 6) is -0.556. The van der Waals surface area contributed by atoms with Crippen molar-refractivity contribution in [2.75, 3.05) is 5.73 Å².